The monoisotopic (exact) mass is 451 g/mol. The van der Waals surface area contributed by atoms with Gasteiger partial charge in [0.05, 0.1) is 14.2 Å². The summed E-state index contributed by atoms with van der Waals surface area (Å²) in [6, 6.07) is 13.8. The highest BCUT2D eigenvalue weighted by Crippen LogP contribution is 2.35. The smallest absolute Gasteiger partial charge is 0.251 e. The van der Waals surface area contributed by atoms with Gasteiger partial charge in [0.2, 0.25) is 5.91 Å². The van der Waals surface area contributed by atoms with Crippen molar-refractivity contribution in [2.45, 2.75) is 44.6 Å². The Morgan fingerprint density at radius 1 is 1.03 bits per heavy atom. The van der Waals surface area contributed by atoms with Crippen LogP contribution in [0.15, 0.2) is 42.5 Å². The van der Waals surface area contributed by atoms with E-state index in [0.717, 1.165) is 36.8 Å². The lowest BCUT2D eigenvalue weighted by Crippen LogP contribution is -2.60. The predicted octanol–water partition coefficient (Wildman–Crippen LogP) is 3.03. The number of carbonyl (C=O) groups excluding carboxylic acids is 2. The Bertz CT molecular complexity index is 993. The van der Waals surface area contributed by atoms with Crippen molar-refractivity contribution in [2.75, 3.05) is 20.8 Å². The number of hydrogen-bond acceptors (Lipinski definition) is 5. The van der Waals surface area contributed by atoms with E-state index in [2.05, 4.69) is 22.2 Å². The Morgan fingerprint density at radius 3 is 2.67 bits per heavy atom. The summed E-state index contributed by atoms with van der Waals surface area (Å²) in [5, 5.41) is 3.01. The first-order valence-electron chi connectivity index (χ1n) is 11.7. The summed E-state index contributed by atoms with van der Waals surface area (Å²) in [5.74, 6) is 1.87. The van der Waals surface area contributed by atoms with Gasteiger partial charge in [-0.1, -0.05) is 31.0 Å². The standard InChI is InChI=1S/C26H33N3O4/c1-32-23-11-10-17(16-24(23)33-2)12-13-27-25(30)19-7-5-6-18(14-19)15-22-20-8-3-4-9-21(20)26(31)29-28-22/h5-7,10-11,14,16,20-22,28H,3-4,8-9,12-13,15H2,1-2H3,(H,27,30)(H,29,31). The zero-order valence-electron chi connectivity index (χ0n) is 19.4. The summed E-state index contributed by atoms with van der Waals surface area (Å²) < 4.78 is 10.6. The minimum absolute atomic E-state index is 0.0854. The van der Waals surface area contributed by atoms with Crippen LogP contribution < -0.4 is 25.6 Å². The molecule has 7 heteroatoms. The number of nitrogens with one attached hydrogen (secondary N) is 3. The number of carbonyl (C=O) groups is 2. The molecule has 0 spiro atoms. The Hall–Kier alpha value is -3.06. The molecule has 2 aliphatic rings. The van der Waals surface area contributed by atoms with Crippen LogP contribution in [0.25, 0.3) is 0 Å². The largest absolute Gasteiger partial charge is 0.493 e. The summed E-state index contributed by atoms with van der Waals surface area (Å²) in [4.78, 5) is 24.9. The quantitative estimate of drug-likeness (QED) is 0.574. The molecular formula is C26H33N3O4. The summed E-state index contributed by atoms with van der Waals surface area (Å²) in [7, 11) is 3.22. The molecule has 1 aliphatic carbocycles. The van der Waals surface area contributed by atoms with Gasteiger partial charge < -0.3 is 14.8 Å². The van der Waals surface area contributed by atoms with Crippen molar-refractivity contribution < 1.29 is 19.1 Å². The van der Waals surface area contributed by atoms with Gasteiger partial charge in [0.15, 0.2) is 11.5 Å². The zero-order chi connectivity index (χ0) is 23.2. The minimum atomic E-state index is -0.0854. The van der Waals surface area contributed by atoms with Gasteiger partial charge in [0.25, 0.3) is 5.91 Å². The van der Waals surface area contributed by atoms with Crippen LogP contribution >= 0.6 is 0 Å². The lowest BCUT2D eigenvalue weighted by Gasteiger charge is -2.41. The molecule has 1 saturated heterocycles. The summed E-state index contributed by atoms with van der Waals surface area (Å²) in [6.07, 6.45) is 5.83. The molecule has 4 rings (SSSR count). The number of ether oxygens (including phenoxy) is 2. The molecule has 2 fully saturated rings. The molecule has 7 nitrogen and oxygen atoms in total. The van der Waals surface area contributed by atoms with Crippen molar-refractivity contribution >= 4 is 11.8 Å². The van der Waals surface area contributed by atoms with Crippen LogP contribution in [0.4, 0.5) is 0 Å². The van der Waals surface area contributed by atoms with E-state index in [9.17, 15) is 9.59 Å². The lowest BCUT2D eigenvalue weighted by atomic mass is 9.72. The number of hydrazine groups is 1. The third-order valence-electron chi connectivity index (χ3n) is 6.85. The molecular weight excluding hydrogens is 418 g/mol. The number of fused-ring (bicyclic) bond motifs is 1. The van der Waals surface area contributed by atoms with Crippen molar-refractivity contribution in [2.24, 2.45) is 11.8 Å². The second-order valence-electron chi connectivity index (χ2n) is 8.89. The van der Waals surface area contributed by atoms with Crippen LogP contribution in [-0.2, 0) is 17.6 Å². The van der Waals surface area contributed by atoms with E-state index in [4.69, 9.17) is 9.47 Å². The van der Waals surface area contributed by atoms with Gasteiger partial charge in [0, 0.05) is 24.1 Å². The fourth-order valence-electron chi connectivity index (χ4n) is 5.08. The summed E-state index contributed by atoms with van der Waals surface area (Å²) in [6.45, 7) is 0.526. The van der Waals surface area contributed by atoms with E-state index in [1.54, 1.807) is 14.2 Å². The molecule has 3 atom stereocenters. The number of rotatable bonds is 8. The molecule has 0 bridgehead atoms. The molecule has 2 amide bonds. The third-order valence-corrected chi connectivity index (χ3v) is 6.85. The third kappa shape index (κ3) is 5.47. The van der Waals surface area contributed by atoms with Crippen LogP contribution in [0, 0.1) is 11.8 Å². The normalized spacial score (nSPS) is 22.1. The van der Waals surface area contributed by atoms with E-state index >= 15 is 0 Å². The molecule has 176 valence electrons. The second-order valence-corrected chi connectivity index (χ2v) is 8.89. The topological polar surface area (TPSA) is 88.7 Å². The fourth-order valence-corrected chi connectivity index (χ4v) is 5.08. The van der Waals surface area contributed by atoms with Gasteiger partial charge in [-0.15, -0.1) is 0 Å². The highest BCUT2D eigenvalue weighted by atomic mass is 16.5. The van der Waals surface area contributed by atoms with E-state index in [1.807, 2.05) is 36.4 Å². The van der Waals surface area contributed by atoms with Gasteiger partial charge in [-0.05, 0) is 67.0 Å². The predicted molar refractivity (Wildman–Crippen MR) is 126 cm³/mol. The first-order valence-corrected chi connectivity index (χ1v) is 11.7. The Labute approximate surface area is 195 Å². The maximum absolute atomic E-state index is 12.7. The van der Waals surface area contributed by atoms with Crippen LogP contribution in [0.1, 0.15) is 47.2 Å². The van der Waals surface area contributed by atoms with Crippen molar-refractivity contribution in [3.05, 3.63) is 59.2 Å². The van der Waals surface area contributed by atoms with Gasteiger partial charge in [0.1, 0.15) is 0 Å². The first-order chi connectivity index (χ1) is 16.1. The first kappa shape index (κ1) is 23.1. The average Bonchev–Trinajstić information content (AvgIpc) is 2.86. The molecule has 3 N–H and O–H groups in total. The average molecular weight is 452 g/mol. The highest BCUT2D eigenvalue weighted by molar-refractivity contribution is 5.94. The van der Waals surface area contributed by atoms with Crippen molar-refractivity contribution in [3.63, 3.8) is 0 Å². The van der Waals surface area contributed by atoms with E-state index < -0.39 is 0 Å². The molecule has 1 heterocycles. The van der Waals surface area contributed by atoms with E-state index in [-0.39, 0.29) is 23.8 Å². The number of amides is 2. The van der Waals surface area contributed by atoms with Crippen LogP contribution in [-0.4, -0.2) is 38.6 Å². The summed E-state index contributed by atoms with van der Waals surface area (Å²) in [5.41, 5.74) is 8.89. The maximum Gasteiger partial charge on any atom is 0.251 e. The summed E-state index contributed by atoms with van der Waals surface area (Å²) >= 11 is 0. The Balaban J connectivity index is 1.33. The number of benzene rings is 2. The minimum Gasteiger partial charge on any atom is -0.493 e. The number of hydrogen-bond donors (Lipinski definition) is 3. The van der Waals surface area contributed by atoms with E-state index in [1.165, 1.54) is 6.42 Å². The Morgan fingerprint density at radius 2 is 1.85 bits per heavy atom. The SMILES string of the molecule is COc1ccc(CCNC(=O)c2cccc(CC3NNC(=O)C4CCCCC34)c2)cc1OC. The van der Waals surface area contributed by atoms with Crippen molar-refractivity contribution in [1.82, 2.24) is 16.2 Å². The van der Waals surface area contributed by atoms with Gasteiger partial charge in [-0.2, -0.15) is 0 Å². The van der Waals surface area contributed by atoms with Crippen molar-refractivity contribution in [1.29, 1.82) is 0 Å². The van der Waals surface area contributed by atoms with Gasteiger partial charge in [-0.25, -0.2) is 5.43 Å². The van der Waals surface area contributed by atoms with E-state index in [0.29, 0.717) is 35.9 Å². The fraction of sp³-hybridized carbons (Fsp3) is 0.462. The molecule has 1 aliphatic heterocycles. The maximum atomic E-state index is 12.7. The van der Waals surface area contributed by atoms with Gasteiger partial charge >= 0.3 is 0 Å². The molecule has 33 heavy (non-hydrogen) atoms. The molecule has 2 aromatic carbocycles. The molecule has 1 saturated carbocycles. The molecule has 0 aromatic heterocycles. The molecule has 0 radical (unpaired) electrons. The Kier molecular flexibility index (Phi) is 7.50. The number of methoxy groups -OCH3 is 2. The highest BCUT2D eigenvalue weighted by Gasteiger charge is 2.39. The van der Waals surface area contributed by atoms with Crippen LogP contribution in [0.5, 0.6) is 11.5 Å². The molecule has 2 aromatic rings. The zero-order valence-corrected chi connectivity index (χ0v) is 19.4. The van der Waals surface area contributed by atoms with Crippen LogP contribution in [0.3, 0.4) is 0 Å². The van der Waals surface area contributed by atoms with Crippen molar-refractivity contribution in [3.8, 4) is 11.5 Å². The second kappa shape index (κ2) is 10.7. The van der Waals surface area contributed by atoms with Gasteiger partial charge in [-0.3, -0.25) is 15.0 Å². The lowest BCUT2D eigenvalue weighted by molar-refractivity contribution is -0.133. The van der Waals surface area contributed by atoms with Crippen LogP contribution in [0.2, 0.25) is 0 Å². The molecule has 3 unspecified atom stereocenters.